The summed E-state index contributed by atoms with van der Waals surface area (Å²) in [4.78, 5) is 26.4. The highest BCUT2D eigenvalue weighted by atomic mass is 127. The number of nitrogens with one attached hydrogen (secondary N) is 1. The predicted octanol–water partition coefficient (Wildman–Crippen LogP) is 2.34. The summed E-state index contributed by atoms with van der Waals surface area (Å²) in [7, 11) is 0. The lowest BCUT2D eigenvalue weighted by Crippen LogP contribution is -2.12. The number of aromatic hydroxyl groups is 1. The molecule has 0 saturated heterocycles. The SMILES string of the molecule is O=C(Nc1ccnc(C(=O)O)c1)c1ccc(I)c(O)c1. The van der Waals surface area contributed by atoms with Gasteiger partial charge in [-0.25, -0.2) is 9.78 Å². The maximum atomic E-state index is 12.0. The number of carbonyl (C=O) groups is 2. The van der Waals surface area contributed by atoms with Gasteiger partial charge in [-0.1, -0.05) is 0 Å². The summed E-state index contributed by atoms with van der Waals surface area (Å²) in [5.74, 6) is -1.61. The van der Waals surface area contributed by atoms with E-state index in [1.54, 1.807) is 12.1 Å². The molecule has 0 atom stereocenters. The van der Waals surface area contributed by atoms with Crippen molar-refractivity contribution >= 4 is 40.2 Å². The number of aromatic carboxylic acids is 1. The summed E-state index contributed by atoms with van der Waals surface area (Å²) in [6.45, 7) is 0. The number of phenols is 1. The Morgan fingerprint density at radius 3 is 2.60 bits per heavy atom. The number of anilines is 1. The summed E-state index contributed by atoms with van der Waals surface area (Å²) in [5.41, 5.74) is 0.435. The number of amides is 1. The van der Waals surface area contributed by atoms with Gasteiger partial charge >= 0.3 is 5.97 Å². The molecule has 0 fully saturated rings. The van der Waals surface area contributed by atoms with Crippen LogP contribution in [0.4, 0.5) is 5.69 Å². The highest BCUT2D eigenvalue weighted by Gasteiger charge is 2.10. The zero-order valence-electron chi connectivity index (χ0n) is 10.0. The van der Waals surface area contributed by atoms with Crippen LogP contribution in [0.15, 0.2) is 36.5 Å². The van der Waals surface area contributed by atoms with E-state index in [0.717, 1.165) is 0 Å². The topological polar surface area (TPSA) is 99.5 Å². The van der Waals surface area contributed by atoms with Gasteiger partial charge in [0, 0.05) is 17.4 Å². The van der Waals surface area contributed by atoms with Crippen LogP contribution in [0.5, 0.6) is 5.75 Å². The molecule has 0 bridgehead atoms. The zero-order chi connectivity index (χ0) is 14.7. The minimum Gasteiger partial charge on any atom is -0.507 e. The van der Waals surface area contributed by atoms with Crippen LogP contribution in [0.25, 0.3) is 0 Å². The van der Waals surface area contributed by atoms with E-state index >= 15 is 0 Å². The van der Waals surface area contributed by atoms with Crippen molar-refractivity contribution in [2.75, 3.05) is 5.32 Å². The molecule has 1 heterocycles. The zero-order valence-corrected chi connectivity index (χ0v) is 12.2. The van der Waals surface area contributed by atoms with Gasteiger partial charge in [0.25, 0.3) is 5.91 Å². The van der Waals surface area contributed by atoms with Crippen LogP contribution in [-0.2, 0) is 0 Å². The molecule has 1 aromatic carbocycles. The van der Waals surface area contributed by atoms with Crippen LogP contribution in [0.1, 0.15) is 20.8 Å². The van der Waals surface area contributed by atoms with Crippen molar-refractivity contribution < 1.29 is 19.8 Å². The second kappa shape index (κ2) is 5.87. The Hall–Kier alpha value is -2.16. The van der Waals surface area contributed by atoms with Gasteiger partial charge in [-0.2, -0.15) is 0 Å². The first-order chi connectivity index (χ1) is 9.47. The minimum absolute atomic E-state index is 0.0132. The Bertz CT molecular complexity index is 688. The molecule has 20 heavy (non-hydrogen) atoms. The lowest BCUT2D eigenvalue weighted by Gasteiger charge is -2.06. The molecule has 1 aromatic heterocycles. The summed E-state index contributed by atoms with van der Waals surface area (Å²) in [5, 5.41) is 20.9. The molecule has 0 radical (unpaired) electrons. The fourth-order valence-electron chi connectivity index (χ4n) is 1.48. The van der Waals surface area contributed by atoms with Gasteiger partial charge in [0.05, 0.1) is 3.57 Å². The first-order valence-corrected chi connectivity index (χ1v) is 6.54. The third kappa shape index (κ3) is 3.23. The molecule has 102 valence electrons. The van der Waals surface area contributed by atoms with Gasteiger partial charge in [0.1, 0.15) is 11.4 Å². The van der Waals surface area contributed by atoms with Crippen molar-refractivity contribution in [2.45, 2.75) is 0 Å². The Morgan fingerprint density at radius 1 is 1.20 bits per heavy atom. The molecule has 6 nitrogen and oxygen atoms in total. The van der Waals surface area contributed by atoms with Crippen LogP contribution < -0.4 is 5.32 Å². The van der Waals surface area contributed by atoms with E-state index in [4.69, 9.17) is 5.11 Å². The van der Waals surface area contributed by atoms with Crippen LogP contribution in [0.3, 0.4) is 0 Å². The van der Waals surface area contributed by atoms with E-state index < -0.39 is 11.9 Å². The highest BCUT2D eigenvalue weighted by Crippen LogP contribution is 2.21. The Kier molecular flexibility index (Phi) is 4.18. The van der Waals surface area contributed by atoms with E-state index in [1.165, 1.54) is 24.4 Å². The lowest BCUT2D eigenvalue weighted by molar-refractivity contribution is 0.0690. The Labute approximate surface area is 127 Å². The van der Waals surface area contributed by atoms with Crippen LogP contribution in [0.2, 0.25) is 0 Å². The average molecular weight is 384 g/mol. The summed E-state index contributed by atoms with van der Waals surface area (Å²) in [6.07, 6.45) is 1.30. The lowest BCUT2D eigenvalue weighted by atomic mass is 10.2. The van der Waals surface area contributed by atoms with Crippen LogP contribution in [0, 0.1) is 3.57 Å². The second-order valence-corrected chi connectivity index (χ2v) is 5.02. The van der Waals surface area contributed by atoms with Crippen LogP contribution in [-0.4, -0.2) is 27.1 Å². The molecule has 0 spiro atoms. The molecular weight excluding hydrogens is 375 g/mol. The fourth-order valence-corrected chi connectivity index (χ4v) is 1.82. The number of pyridine rings is 1. The number of aromatic nitrogens is 1. The second-order valence-electron chi connectivity index (χ2n) is 3.86. The maximum Gasteiger partial charge on any atom is 0.354 e. The summed E-state index contributed by atoms with van der Waals surface area (Å²) in [6, 6.07) is 7.26. The smallest absolute Gasteiger partial charge is 0.354 e. The number of carboxylic acids is 1. The molecule has 0 saturated carbocycles. The quantitative estimate of drug-likeness (QED) is 0.706. The van der Waals surface area contributed by atoms with Crippen molar-refractivity contribution in [1.29, 1.82) is 0 Å². The molecule has 0 unspecified atom stereocenters. The number of carbonyl (C=O) groups excluding carboxylic acids is 1. The van der Waals surface area contributed by atoms with E-state index in [2.05, 4.69) is 10.3 Å². The molecule has 3 N–H and O–H groups in total. The van der Waals surface area contributed by atoms with Gasteiger partial charge in [-0.05, 0) is 52.9 Å². The van der Waals surface area contributed by atoms with Gasteiger partial charge < -0.3 is 15.5 Å². The summed E-state index contributed by atoms with van der Waals surface area (Å²) >= 11 is 1.94. The molecular formula is C13H9IN2O4. The molecule has 0 aliphatic carbocycles. The fraction of sp³-hybridized carbons (Fsp3) is 0. The number of nitrogens with zero attached hydrogens (tertiary/aromatic N) is 1. The van der Waals surface area contributed by atoms with Crippen molar-refractivity contribution in [1.82, 2.24) is 4.98 Å². The first-order valence-electron chi connectivity index (χ1n) is 5.46. The van der Waals surface area contributed by atoms with Crippen molar-refractivity contribution in [3.63, 3.8) is 0 Å². The van der Waals surface area contributed by atoms with Crippen molar-refractivity contribution in [3.8, 4) is 5.75 Å². The number of carboxylic acid groups (broad SMARTS) is 1. The Balaban J connectivity index is 2.21. The van der Waals surface area contributed by atoms with E-state index in [-0.39, 0.29) is 17.0 Å². The molecule has 2 rings (SSSR count). The van der Waals surface area contributed by atoms with Gasteiger partial charge in [-0.15, -0.1) is 0 Å². The van der Waals surface area contributed by atoms with Crippen molar-refractivity contribution in [2.24, 2.45) is 0 Å². The minimum atomic E-state index is -1.17. The summed E-state index contributed by atoms with van der Waals surface area (Å²) < 4.78 is 0.635. The number of phenolic OH excluding ortho intramolecular Hbond substituents is 1. The molecule has 1 amide bonds. The Morgan fingerprint density at radius 2 is 1.95 bits per heavy atom. The maximum absolute atomic E-state index is 12.0. The van der Waals surface area contributed by atoms with Crippen molar-refractivity contribution in [3.05, 3.63) is 51.4 Å². The highest BCUT2D eigenvalue weighted by molar-refractivity contribution is 14.1. The largest absolute Gasteiger partial charge is 0.507 e. The first kappa shape index (κ1) is 14.3. The average Bonchev–Trinajstić information content (AvgIpc) is 2.42. The normalized spacial score (nSPS) is 10.1. The van der Waals surface area contributed by atoms with E-state index in [0.29, 0.717) is 9.26 Å². The van der Waals surface area contributed by atoms with E-state index in [9.17, 15) is 14.7 Å². The molecule has 0 aliphatic rings. The number of hydrogen-bond acceptors (Lipinski definition) is 4. The monoisotopic (exact) mass is 384 g/mol. The third-order valence-electron chi connectivity index (χ3n) is 2.45. The van der Waals surface area contributed by atoms with E-state index in [1.807, 2.05) is 22.6 Å². The van der Waals surface area contributed by atoms with Gasteiger partial charge in [-0.3, -0.25) is 4.79 Å². The number of benzene rings is 1. The molecule has 7 heteroatoms. The standard InChI is InChI=1S/C13H9IN2O4/c14-9-2-1-7(5-11(9)17)12(18)16-8-3-4-15-10(6-8)13(19)20/h1-6,17H,(H,19,20)(H,15,16,18). The van der Waals surface area contributed by atoms with Gasteiger partial charge in [0.2, 0.25) is 0 Å². The predicted molar refractivity (Wildman–Crippen MR) is 80.0 cm³/mol. The molecule has 2 aromatic rings. The van der Waals surface area contributed by atoms with Gasteiger partial charge in [0.15, 0.2) is 0 Å². The molecule has 0 aliphatic heterocycles. The number of hydrogen-bond donors (Lipinski definition) is 3. The third-order valence-corrected chi connectivity index (χ3v) is 3.36. The number of rotatable bonds is 3. The number of halogens is 1. The van der Waals surface area contributed by atoms with Crippen LogP contribution >= 0.6 is 22.6 Å².